The minimum Gasteiger partial charge on any atom is -0.311 e. The van der Waals surface area contributed by atoms with Gasteiger partial charge in [-0.1, -0.05) is 306 Å². The smallest absolute Gasteiger partial charge is 0.252 e. The first-order chi connectivity index (χ1) is 55.8. The van der Waals surface area contributed by atoms with Gasteiger partial charge < -0.3 is 18.9 Å². The summed E-state index contributed by atoms with van der Waals surface area (Å²) in [5.74, 6) is 0. The monoisotopic (exact) mass is 1520 g/mol. The zero-order valence-electron chi connectivity index (χ0n) is 71.4. The molecule has 0 radical (unpaired) electrons. The molecule has 16 aromatic rings. The molecule has 0 unspecified atom stereocenters. The summed E-state index contributed by atoms with van der Waals surface area (Å²) < 4.78 is 5.16. The van der Waals surface area contributed by atoms with E-state index in [0.29, 0.717) is 0 Å². The van der Waals surface area contributed by atoms with Crippen LogP contribution < -0.4 is 26.2 Å². The average Bonchev–Trinajstić information content (AvgIpc) is 1.66. The maximum absolute atomic E-state index is 2.66. The van der Waals surface area contributed by atoms with Gasteiger partial charge in [-0.3, -0.25) is 0 Å². The first-order valence-corrected chi connectivity index (χ1v) is 42.8. The lowest BCUT2D eigenvalue weighted by Crippen LogP contribution is -2.61. The second-order valence-electron chi connectivity index (χ2n) is 40.3. The Hall–Kier alpha value is -11.7. The molecule has 5 heteroatoms. The first kappa shape index (κ1) is 74.2. The van der Waals surface area contributed by atoms with Crippen LogP contribution in [-0.4, -0.2) is 15.8 Å². The van der Waals surface area contributed by atoms with E-state index in [0.717, 1.165) is 63.7 Å². The lowest BCUT2D eigenvalue weighted by Gasteiger charge is -2.45. The SMILES string of the molecule is CC(C)(C)c1ccc2c(c1)c1cc(C(C)(C)C)ccc1n2-c1cc2c3c(c1)N(c1ccc(-c4ccc5c(c4)C(C)(C)CCC5(C)C)cc1)c1cc(-n4c5ccc(-c6ccccc6)cc5c5cc(-c6ccccc6)ccc54)ccc1B3c1ccc(-c3ccccc3C(C)(C)C)cc1N2c1ccc(-c2ccc3c(c2)C(C)(C)CCC3(C)C)cc1. The average molecular weight is 1520 g/mol. The van der Waals surface area contributed by atoms with Crippen LogP contribution in [0.15, 0.2) is 291 Å². The van der Waals surface area contributed by atoms with Crippen molar-refractivity contribution >= 4 is 101 Å². The van der Waals surface area contributed by atoms with Crippen molar-refractivity contribution in [3.05, 3.63) is 330 Å². The number of anilines is 6. The third-order valence-electron chi connectivity index (χ3n) is 27.7. The van der Waals surface area contributed by atoms with Crippen LogP contribution in [0.3, 0.4) is 0 Å². The fourth-order valence-corrected chi connectivity index (χ4v) is 20.6. The van der Waals surface area contributed by atoms with Crippen LogP contribution in [0, 0.1) is 0 Å². The van der Waals surface area contributed by atoms with E-state index in [1.807, 2.05) is 0 Å². The molecule has 0 bridgehead atoms. The van der Waals surface area contributed by atoms with Crippen molar-refractivity contribution in [2.45, 2.75) is 181 Å². The van der Waals surface area contributed by atoms with Crippen LogP contribution in [0.5, 0.6) is 0 Å². The maximum Gasteiger partial charge on any atom is 0.252 e. The molecule has 0 saturated carbocycles. The summed E-state index contributed by atoms with van der Waals surface area (Å²) in [5, 5.41) is 4.95. The molecule has 4 aliphatic rings. The van der Waals surface area contributed by atoms with E-state index in [4.69, 9.17) is 0 Å². The Bertz CT molecular complexity index is 6570. The summed E-state index contributed by atoms with van der Waals surface area (Å²) in [7, 11) is 0. The zero-order chi connectivity index (χ0) is 80.9. The van der Waals surface area contributed by atoms with Gasteiger partial charge in [0, 0.05) is 61.4 Å². The van der Waals surface area contributed by atoms with Gasteiger partial charge in [0.25, 0.3) is 6.71 Å². The van der Waals surface area contributed by atoms with E-state index in [1.54, 1.807) is 0 Å². The van der Waals surface area contributed by atoms with Gasteiger partial charge in [0.1, 0.15) is 0 Å². The number of hydrogen-bond donors (Lipinski definition) is 0. The Balaban J connectivity index is 0.885. The Morgan fingerprint density at radius 1 is 0.256 bits per heavy atom. The highest BCUT2D eigenvalue weighted by Crippen LogP contribution is 2.53. The fraction of sp³-hybridized carbons (Fsp3) is 0.250. The summed E-state index contributed by atoms with van der Waals surface area (Å²) in [4.78, 5) is 5.32. The first-order valence-electron chi connectivity index (χ1n) is 42.8. The molecular weight excluding hydrogens is 1410 g/mol. The molecule has 0 spiro atoms. The lowest BCUT2D eigenvalue weighted by atomic mass is 9.33. The van der Waals surface area contributed by atoms with E-state index in [-0.39, 0.29) is 44.6 Å². The standard InChI is InChI=1S/C112H107BN4/c1-106(2,3)79-41-54-99-88(65-79)89-66-80(107(4,5)6)42-55-100(89)117(99)84-68-103-105-104(69-84)115(82-45-34-73(35-46-82)77-37-49-92-94(63-77)112(16,17)59-57-110(92,12)13)102-67-83(116-97-52-39-74(70-26-20-18-21-27-70)60-86(97)87-61-75(40-53-98(87)116)71-28-22-19-23-29-71)47-51-96(102)113(105)95-50-38-78(85-30-24-25-31-90(85)108(7,8)9)64-101(95)114(103)81-43-32-72(33-44-81)76-36-48-91-93(62-76)111(14,15)58-56-109(91,10)11/h18-55,60-69H,56-59H2,1-17H3. The lowest BCUT2D eigenvalue weighted by molar-refractivity contribution is 0.332. The van der Waals surface area contributed by atoms with Crippen LogP contribution >= 0.6 is 0 Å². The fourth-order valence-electron chi connectivity index (χ4n) is 20.6. The molecule has 4 heterocycles. The van der Waals surface area contributed by atoms with E-state index >= 15 is 0 Å². The maximum atomic E-state index is 2.66. The molecule has 2 aliphatic heterocycles. The van der Waals surface area contributed by atoms with Crippen LogP contribution in [0.1, 0.15) is 182 Å². The largest absolute Gasteiger partial charge is 0.311 e. The van der Waals surface area contributed by atoms with Crippen molar-refractivity contribution < 1.29 is 0 Å². The van der Waals surface area contributed by atoms with Gasteiger partial charge >= 0.3 is 0 Å². The number of benzene rings is 14. The predicted molar refractivity (Wildman–Crippen MR) is 503 cm³/mol. The summed E-state index contributed by atoms with van der Waals surface area (Å²) in [5.41, 5.74) is 39.6. The van der Waals surface area contributed by atoms with Gasteiger partial charge in [-0.2, -0.15) is 0 Å². The van der Waals surface area contributed by atoms with Crippen LogP contribution in [0.2, 0.25) is 0 Å². The molecule has 0 saturated heterocycles. The summed E-state index contributed by atoms with van der Waals surface area (Å²) in [6, 6.07) is 114. The van der Waals surface area contributed by atoms with E-state index in [9.17, 15) is 0 Å². The third kappa shape index (κ3) is 12.2. The van der Waals surface area contributed by atoms with Crippen LogP contribution in [-0.2, 0) is 37.9 Å². The van der Waals surface area contributed by atoms with E-state index < -0.39 is 0 Å². The molecule has 0 amide bonds. The number of rotatable bonds is 9. The number of hydrogen-bond acceptors (Lipinski definition) is 2. The highest BCUT2D eigenvalue weighted by atomic mass is 15.2. The van der Waals surface area contributed by atoms with Crippen molar-refractivity contribution in [1.29, 1.82) is 0 Å². The van der Waals surface area contributed by atoms with Crippen LogP contribution in [0.4, 0.5) is 34.1 Å². The van der Waals surface area contributed by atoms with Crippen LogP contribution in [0.25, 0.3) is 111 Å². The molecule has 0 fully saturated rings. The van der Waals surface area contributed by atoms with E-state index in [2.05, 4.69) is 428 Å². The van der Waals surface area contributed by atoms with Crippen molar-refractivity contribution in [3.8, 4) is 67.0 Å². The molecule has 117 heavy (non-hydrogen) atoms. The molecule has 0 atom stereocenters. The minimum absolute atomic E-state index is 0.0606. The topological polar surface area (TPSA) is 16.3 Å². The zero-order valence-corrected chi connectivity index (χ0v) is 71.4. The summed E-state index contributed by atoms with van der Waals surface area (Å²) in [6.07, 6.45) is 4.68. The highest BCUT2D eigenvalue weighted by Gasteiger charge is 2.46. The predicted octanol–water partition coefficient (Wildman–Crippen LogP) is 28.9. The highest BCUT2D eigenvalue weighted by molar-refractivity contribution is 7.00. The molecular formula is C112H107BN4. The summed E-state index contributed by atoms with van der Waals surface area (Å²) >= 11 is 0. The van der Waals surface area contributed by atoms with Crippen molar-refractivity contribution in [2.75, 3.05) is 9.80 Å². The van der Waals surface area contributed by atoms with Crippen molar-refractivity contribution in [2.24, 2.45) is 0 Å². The molecule has 2 aromatic heterocycles. The Kier molecular flexibility index (Phi) is 16.8. The second kappa shape index (κ2) is 26.4. The quantitative estimate of drug-likeness (QED) is 0.134. The van der Waals surface area contributed by atoms with Crippen molar-refractivity contribution in [1.82, 2.24) is 9.13 Å². The molecule has 14 aromatic carbocycles. The number of aromatic nitrogens is 2. The number of nitrogens with zero attached hydrogens (tertiary/aromatic N) is 4. The van der Waals surface area contributed by atoms with E-state index in [1.165, 1.54) is 162 Å². The molecule has 20 rings (SSSR count). The van der Waals surface area contributed by atoms with Gasteiger partial charge in [0.15, 0.2) is 0 Å². The van der Waals surface area contributed by atoms with Gasteiger partial charge in [0.05, 0.1) is 27.8 Å². The number of fused-ring (bicyclic) bond motifs is 12. The Labute approximate surface area is 693 Å². The second-order valence-corrected chi connectivity index (χ2v) is 40.3. The molecule has 0 N–H and O–H groups in total. The third-order valence-corrected chi connectivity index (χ3v) is 27.7. The van der Waals surface area contributed by atoms with Gasteiger partial charge in [0.2, 0.25) is 0 Å². The van der Waals surface area contributed by atoms with Gasteiger partial charge in [-0.05, 0) is 278 Å². The molecule has 2 aliphatic carbocycles. The van der Waals surface area contributed by atoms with Crippen molar-refractivity contribution in [3.63, 3.8) is 0 Å². The Morgan fingerprint density at radius 3 is 1.05 bits per heavy atom. The Morgan fingerprint density at radius 2 is 0.598 bits per heavy atom. The summed E-state index contributed by atoms with van der Waals surface area (Å²) in [6.45, 7) is 40.5. The molecule has 578 valence electrons. The minimum atomic E-state index is -0.200. The van der Waals surface area contributed by atoms with Gasteiger partial charge in [-0.25, -0.2) is 0 Å². The molecule has 4 nitrogen and oxygen atoms in total. The van der Waals surface area contributed by atoms with Gasteiger partial charge in [-0.15, -0.1) is 0 Å². The normalized spacial score (nSPS) is 15.8.